The first-order valence-electron chi connectivity index (χ1n) is 11.1. The molecule has 0 aliphatic heterocycles. The van der Waals surface area contributed by atoms with Crippen LogP contribution in [0.5, 0.6) is 0 Å². The van der Waals surface area contributed by atoms with Gasteiger partial charge in [-0.1, -0.05) is 75.8 Å². The number of halogens is 3. The van der Waals surface area contributed by atoms with Crippen LogP contribution >= 0.6 is 0 Å². The predicted octanol–water partition coefficient (Wildman–Crippen LogP) is 8.40. The highest BCUT2D eigenvalue weighted by Gasteiger charge is 2.32. The first-order chi connectivity index (χ1) is 14.0. The Hall–Kier alpha value is -1.84. The first kappa shape index (κ1) is 21.9. The molecule has 0 amide bonds. The summed E-state index contributed by atoms with van der Waals surface area (Å²) in [4.78, 5) is 3.56. The quantitative estimate of drug-likeness (QED) is 0.403. The normalized spacial score (nSPS) is 20.0. The van der Waals surface area contributed by atoms with E-state index >= 15 is 0 Å². The smallest absolute Gasteiger partial charge is 0.251 e. The molecule has 1 fully saturated rings. The van der Waals surface area contributed by atoms with Crippen molar-refractivity contribution >= 4 is 0 Å². The Labute approximate surface area is 172 Å². The van der Waals surface area contributed by atoms with Gasteiger partial charge in [-0.15, -0.1) is 0 Å². The van der Waals surface area contributed by atoms with Crippen molar-refractivity contribution in [1.82, 2.24) is 4.98 Å². The van der Waals surface area contributed by atoms with Crippen molar-refractivity contribution in [3.63, 3.8) is 0 Å². The number of hydrogen-bond acceptors (Lipinski definition) is 1. The number of pyridine rings is 1. The molecule has 1 aliphatic rings. The highest BCUT2D eigenvalue weighted by Crippen LogP contribution is 2.38. The number of aromatic nitrogens is 1. The van der Waals surface area contributed by atoms with E-state index < -0.39 is 11.9 Å². The maximum absolute atomic E-state index is 12.7. The van der Waals surface area contributed by atoms with E-state index in [1.54, 1.807) is 0 Å². The Morgan fingerprint density at radius 2 is 1.48 bits per heavy atom. The standard InChI is InChI=1S/C25H32F3N/c1-2-3-4-5-6-7-19-8-10-20(11-9-19)21-12-14-22(15-13-21)23-16-17-24(29-18-23)25(26,27)28/h12-20H,2-11H2,1H3. The molecule has 1 nitrogen and oxygen atoms in total. The van der Waals surface area contributed by atoms with Gasteiger partial charge in [-0.05, 0) is 54.7 Å². The molecule has 1 saturated carbocycles. The molecule has 1 aromatic carbocycles. The number of unbranched alkanes of at least 4 members (excludes halogenated alkanes) is 4. The number of hydrogen-bond donors (Lipinski definition) is 0. The molecule has 0 radical (unpaired) electrons. The van der Waals surface area contributed by atoms with Crippen LogP contribution in [-0.4, -0.2) is 4.98 Å². The average molecular weight is 404 g/mol. The van der Waals surface area contributed by atoms with Crippen LogP contribution in [0.3, 0.4) is 0 Å². The van der Waals surface area contributed by atoms with Crippen molar-refractivity contribution in [2.24, 2.45) is 5.92 Å². The van der Waals surface area contributed by atoms with Crippen LogP contribution in [0, 0.1) is 5.92 Å². The fraction of sp³-hybridized carbons (Fsp3) is 0.560. The second-order valence-corrected chi connectivity index (χ2v) is 8.47. The molecule has 0 saturated heterocycles. The van der Waals surface area contributed by atoms with E-state index in [-0.39, 0.29) is 0 Å². The van der Waals surface area contributed by atoms with E-state index in [0.717, 1.165) is 23.1 Å². The van der Waals surface area contributed by atoms with E-state index in [1.807, 2.05) is 12.1 Å². The third kappa shape index (κ3) is 6.32. The molecule has 3 rings (SSSR count). The van der Waals surface area contributed by atoms with Crippen LogP contribution in [0.15, 0.2) is 42.6 Å². The average Bonchev–Trinajstić information content (AvgIpc) is 2.74. The molecule has 29 heavy (non-hydrogen) atoms. The molecule has 0 unspecified atom stereocenters. The van der Waals surface area contributed by atoms with Crippen molar-refractivity contribution in [2.75, 3.05) is 0 Å². The summed E-state index contributed by atoms with van der Waals surface area (Å²) in [6, 6.07) is 10.9. The van der Waals surface area contributed by atoms with Crippen LogP contribution in [0.2, 0.25) is 0 Å². The molecule has 0 bridgehead atoms. The maximum Gasteiger partial charge on any atom is 0.433 e. The van der Waals surface area contributed by atoms with Crippen LogP contribution in [-0.2, 0) is 6.18 Å². The van der Waals surface area contributed by atoms with Gasteiger partial charge in [-0.25, -0.2) is 0 Å². The number of rotatable bonds is 8. The van der Waals surface area contributed by atoms with Gasteiger partial charge in [0.05, 0.1) is 0 Å². The third-order valence-corrected chi connectivity index (χ3v) is 6.33. The third-order valence-electron chi connectivity index (χ3n) is 6.33. The van der Waals surface area contributed by atoms with E-state index in [4.69, 9.17) is 0 Å². The summed E-state index contributed by atoms with van der Waals surface area (Å²) in [5, 5.41) is 0. The van der Waals surface area contributed by atoms with Crippen LogP contribution in [0.25, 0.3) is 11.1 Å². The van der Waals surface area contributed by atoms with Gasteiger partial charge in [-0.2, -0.15) is 13.2 Å². The van der Waals surface area contributed by atoms with Crippen LogP contribution < -0.4 is 0 Å². The van der Waals surface area contributed by atoms with Crippen molar-refractivity contribution in [3.05, 3.63) is 53.9 Å². The molecule has 0 atom stereocenters. The first-order valence-corrected chi connectivity index (χ1v) is 11.1. The summed E-state index contributed by atoms with van der Waals surface area (Å²) in [5.74, 6) is 1.51. The lowest BCUT2D eigenvalue weighted by molar-refractivity contribution is -0.141. The van der Waals surface area contributed by atoms with Gasteiger partial charge >= 0.3 is 6.18 Å². The van der Waals surface area contributed by atoms with E-state index in [9.17, 15) is 13.2 Å². The van der Waals surface area contributed by atoms with Gasteiger partial charge in [-0.3, -0.25) is 4.98 Å². The Kier molecular flexibility index (Phi) is 7.74. The van der Waals surface area contributed by atoms with E-state index in [0.29, 0.717) is 5.92 Å². The zero-order valence-electron chi connectivity index (χ0n) is 17.3. The number of nitrogens with zero attached hydrogens (tertiary/aromatic N) is 1. The molecule has 1 aromatic heterocycles. The fourth-order valence-electron chi connectivity index (χ4n) is 4.50. The topological polar surface area (TPSA) is 12.9 Å². The highest BCUT2D eigenvalue weighted by atomic mass is 19.4. The summed E-state index contributed by atoms with van der Waals surface area (Å²) in [6.07, 6.45) is 10.3. The van der Waals surface area contributed by atoms with Gasteiger partial charge in [0.1, 0.15) is 5.69 Å². The summed E-state index contributed by atoms with van der Waals surface area (Å²) in [7, 11) is 0. The van der Waals surface area contributed by atoms with Gasteiger partial charge in [0.25, 0.3) is 0 Å². The maximum atomic E-state index is 12.7. The summed E-state index contributed by atoms with van der Waals surface area (Å²) in [6.45, 7) is 2.26. The zero-order chi connectivity index (χ0) is 20.7. The minimum atomic E-state index is -4.39. The highest BCUT2D eigenvalue weighted by molar-refractivity contribution is 5.62. The molecule has 158 valence electrons. The SMILES string of the molecule is CCCCCCCC1CCC(c2ccc(-c3ccc(C(F)(F)F)nc3)cc2)CC1. The van der Waals surface area contributed by atoms with Gasteiger partial charge < -0.3 is 0 Å². The molecule has 4 heteroatoms. The number of benzene rings is 1. The fourth-order valence-corrected chi connectivity index (χ4v) is 4.50. The largest absolute Gasteiger partial charge is 0.433 e. The van der Waals surface area contributed by atoms with Crippen molar-refractivity contribution in [3.8, 4) is 11.1 Å². The van der Waals surface area contributed by atoms with Gasteiger partial charge in [0.2, 0.25) is 0 Å². The van der Waals surface area contributed by atoms with Crippen LogP contribution in [0.4, 0.5) is 13.2 Å². The predicted molar refractivity (Wildman–Crippen MR) is 113 cm³/mol. The van der Waals surface area contributed by atoms with E-state index in [2.05, 4.69) is 24.0 Å². The van der Waals surface area contributed by atoms with Crippen molar-refractivity contribution in [2.45, 2.75) is 83.2 Å². The Morgan fingerprint density at radius 3 is 2.07 bits per heavy atom. The lowest BCUT2D eigenvalue weighted by Gasteiger charge is -2.29. The van der Waals surface area contributed by atoms with Gasteiger partial charge in [0.15, 0.2) is 0 Å². The molecule has 0 spiro atoms. The second-order valence-electron chi connectivity index (χ2n) is 8.47. The van der Waals surface area contributed by atoms with Crippen molar-refractivity contribution < 1.29 is 13.2 Å². The monoisotopic (exact) mass is 403 g/mol. The lowest BCUT2D eigenvalue weighted by Crippen LogP contribution is -2.13. The minimum Gasteiger partial charge on any atom is -0.251 e. The lowest BCUT2D eigenvalue weighted by atomic mass is 9.77. The summed E-state index contributed by atoms with van der Waals surface area (Å²) in [5.41, 5.74) is 2.14. The molecular formula is C25H32F3N. The summed E-state index contributed by atoms with van der Waals surface area (Å²) < 4.78 is 38.0. The van der Waals surface area contributed by atoms with Crippen molar-refractivity contribution in [1.29, 1.82) is 0 Å². The van der Waals surface area contributed by atoms with E-state index in [1.165, 1.54) is 82.0 Å². The summed E-state index contributed by atoms with van der Waals surface area (Å²) >= 11 is 0. The van der Waals surface area contributed by atoms with Gasteiger partial charge in [0, 0.05) is 11.8 Å². The Morgan fingerprint density at radius 1 is 0.828 bits per heavy atom. The molecule has 0 N–H and O–H groups in total. The zero-order valence-corrected chi connectivity index (χ0v) is 17.3. The Bertz CT molecular complexity index is 726. The Balaban J connectivity index is 1.50. The molecule has 1 aliphatic carbocycles. The molecular weight excluding hydrogens is 371 g/mol. The molecule has 1 heterocycles. The second kappa shape index (κ2) is 10.3. The molecule has 2 aromatic rings. The van der Waals surface area contributed by atoms with Crippen LogP contribution in [0.1, 0.15) is 88.3 Å². The minimum absolute atomic E-state index is 0.617. The number of alkyl halides is 3.